The zero-order valence-corrected chi connectivity index (χ0v) is 18.6. The third kappa shape index (κ3) is 6.23. The third-order valence-corrected chi connectivity index (χ3v) is 5.69. The van der Waals surface area contributed by atoms with Gasteiger partial charge in [0, 0.05) is 31.1 Å². The number of piperidine rings is 1. The Morgan fingerprint density at radius 2 is 1.68 bits per heavy atom. The number of nitrogens with zero attached hydrogens (tertiary/aromatic N) is 1. The zero-order valence-electron chi connectivity index (χ0n) is 18.6. The van der Waals surface area contributed by atoms with Crippen molar-refractivity contribution in [1.29, 1.82) is 0 Å². The first kappa shape index (κ1) is 22.7. The monoisotopic (exact) mass is 424 g/mol. The van der Waals surface area contributed by atoms with Crippen LogP contribution in [0.3, 0.4) is 0 Å². The first-order valence-electron chi connectivity index (χ1n) is 10.9. The molecule has 1 N–H and O–H groups in total. The smallest absolute Gasteiger partial charge is 0.253 e. The summed E-state index contributed by atoms with van der Waals surface area (Å²) in [6.07, 6.45) is 2.66. The van der Waals surface area contributed by atoms with Crippen molar-refractivity contribution in [3.63, 3.8) is 0 Å². The maximum absolute atomic E-state index is 12.7. The molecular weight excluding hydrogens is 392 g/mol. The molecule has 0 atom stereocenters. The second kappa shape index (κ2) is 10.8. The molecule has 1 fully saturated rings. The van der Waals surface area contributed by atoms with Gasteiger partial charge in [0.05, 0.1) is 13.7 Å². The van der Waals surface area contributed by atoms with E-state index in [0.29, 0.717) is 38.1 Å². The molecule has 0 radical (unpaired) electrons. The maximum atomic E-state index is 12.7. The van der Waals surface area contributed by atoms with E-state index in [1.54, 1.807) is 31.4 Å². The minimum atomic E-state index is 0.0241. The van der Waals surface area contributed by atoms with Gasteiger partial charge in [-0.2, -0.15) is 0 Å². The lowest BCUT2D eigenvalue weighted by atomic mass is 10.0. The Kier molecular flexibility index (Phi) is 7.93. The molecule has 0 unspecified atom stereocenters. The summed E-state index contributed by atoms with van der Waals surface area (Å²) in [6, 6.07) is 13.4. The van der Waals surface area contributed by atoms with Gasteiger partial charge in [-0.15, -0.1) is 0 Å². The molecule has 1 aliphatic heterocycles. The minimum absolute atomic E-state index is 0.0241. The molecule has 0 bridgehead atoms. The molecule has 6 nitrogen and oxygen atoms in total. The highest BCUT2D eigenvalue weighted by Crippen LogP contribution is 2.22. The quantitative estimate of drug-likeness (QED) is 0.653. The SMILES string of the molecule is COc1ccc(C(=O)N2CCC(NC(=O)CCCOc3c(C)cccc3C)CC2)cc1. The van der Waals surface area contributed by atoms with Gasteiger partial charge < -0.3 is 19.7 Å². The normalized spacial score (nSPS) is 14.2. The standard InChI is InChI=1S/C25H32N2O4/c1-18-6-4-7-19(2)24(18)31-17-5-8-23(28)26-21-13-15-27(16-14-21)25(29)20-9-11-22(30-3)12-10-20/h4,6-7,9-12,21H,5,8,13-17H2,1-3H3,(H,26,28). The molecule has 0 saturated carbocycles. The van der Waals surface area contributed by atoms with Crippen molar-refractivity contribution in [2.24, 2.45) is 0 Å². The Hall–Kier alpha value is -3.02. The fourth-order valence-electron chi connectivity index (χ4n) is 3.88. The highest BCUT2D eigenvalue weighted by Gasteiger charge is 2.24. The summed E-state index contributed by atoms with van der Waals surface area (Å²) >= 11 is 0. The lowest BCUT2D eigenvalue weighted by molar-refractivity contribution is -0.122. The van der Waals surface area contributed by atoms with Crippen LogP contribution in [0.25, 0.3) is 0 Å². The number of benzene rings is 2. The number of para-hydroxylation sites is 1. The van der Waals surface area contributed by atoms with Crippen LogP contribution in [0.5, 0.6) is 11.5 Å². The van der Waals surface area contributed by atoms with Crippen molar-refractivity contribution in [1.82, 2.24) is 10.2 Å². The molecule has 2 amide bonds. The van der Waals surface area contributed by atoms with Gasteiger partial charge in [-0.1, -0.05) is 18.2 Å². The fraction of sp³-hybridized carbons (Fsp3) is 0.440. The molecule has 2 aromatic rings. The van der Waals surface area contributed by atoms with E-state index in [4.69, 9.17) is 9.47 Å². The number of nitrogens with one attached hydrogen (secondary N) is 1. The molecule has 6 heteroatoms. The van der Waals surface area contributed by atoms with Gasteiger partial charge in [0.15, 0.2) is 0 Å². The lowest BCUT2D eigenvalue weighted by Gasteiger charge is -2.32. The van der Waals surface area contributed by atoms with E-state index in [1.165, 1.54) is 0 Å². The third-order valence-electron chi connectivity index (χ3n) is 5.69. The van der Waals surface area contributed by atoms with Crippen LogP contribution in [0.4, 0.5) is 0 Å². The minimum Gasteiger partial charge on any atom is -0.497 e. The van der Waals surface area contributed by atoms with E-state index >= 15 is 0 Å². The van der Waals surface area contributed by atoms with Crippen molar-refractivity contribution in [2.75, 3.05) is 26.8 Å². The van der Waals surface area contributed by atoms with Gasteiger partial charge in [0.1, 0.15) is 11.5 Å². The fourth-order valence-corrected chi connectivity index (χ4v) is 3.88. The van der Waals surface area contributed by atoms with Gasteiger partial charge in [-0.25, -0.2) is 0 Å². The molecule has 1 heterocycles. The summed E-state index contributed by atoms with van der Waals surface area (Å²) in [7, 11) is 1.61. The number of hydrogen-bond donors (Lipinski definition) is 1. The Balaban J connectivity index is 1.36. The van der Waals surface area contributed by atoms with Crippen LogP contribution >= 0.6 is 0 Å². The summed E-state index contributed by atoms with van der Waals surface area (Å²) < 4.78 is 11.0. The van der Waals surface area contributed by atoms with Crippen LogP contribution in [-0.4, -0.2) is 49.6 Å². The number of carbonyl (C=O) groups excluding carboxylic acids is 2. The van der Waals surface area contributed by atoms with E-state index in [0.717, 1.165) is 35.5 Å². The number of likely N-dealkylation sites (tertiary alicyclic amines) is 1. The van der Waals surface area contributed by atoms with Gasteiger partial charge in [0.2, 0.25) is 5.91 Å². The number of ether oxygens (including phenoxy) is 2. The molecule has 3 rings (SSSR count). The Morgan fingerprint density at radius 3 is 2.29 bits per heavy atom. The van der Waals surface area contributed by atoms with Crippen molar-refractivity contribution in [3.05, 3.63) is 59.2 Å². The van der Waals surface area contributed by atoms with E-state index in [-0.39, 0.29) is 17.9 Å². The highest BCUT2D eigenvalue weighted by molar-refractivity contribution is 5.94. The van der Waals surface area contributed by atoms with Crippen LogP contribution in [-0.2, 0) is 4.79 Å². The number of rotatable bonds is 8. The van der Waals surface area contributed by atoms with Crippen molar-refractivity contribution < 1.29 is 19.1 Å². The van der Waals surface area contributed by atoms with Crippen molar-refractivity contribution >= 4 is 11.8 Å². The zero-order chi connectivity index (χ0) is 22.2. The van der Waals surface area contributed by atoms with Crippen LogP contribution in [0.15, 0.2) is 42.5 Å². The summed E-state index contributed by atoms with van der Waals surface area (Å²) in [5.74, 6) is 1.72. The second-order valence-corrected chi connectivity index (χ2v) is 8.04. The molecule has 31 heavy (non-hydrogen) atoms. The van der Waals surface area contributed by atoms with Crippen molar-refractivity contribution in [3.8, 4) is 11.5 Å². The van der Waals surface area contributed by atoms with Gasteiger partial charge in [0.25, 0.3) is 5.91 Å². The number of amides is 2. The molecular formula is C25H32N2O4. The van der Waals surface area contributed by atoms with E-state index in [2.05, 4.69) is 5.32 Å². The predicted molar refractivity (Wildman–Crippen MR) is 121 cm³/mol. The average molecular weight is 425 g/mol. The summed E-state index contributed by atoms with van der Waals surface area (Å²) in [5.41, 5.74) is 2.88. The second-order valence-electron chi connectivity index (χ2n) is 8.04. The molecule has 0 aromatic heterocycles. The number of aryl methyl sites for hydroxylation is 2. The van der Waals surface area contributed by atoms with Gasteiger partial charge in [-0.3, -0.25) is 9.59 Å². The van der Waals surface area contributed by atoms with Crippen LogP contribution in [0, 0.1) is 13.8 Å². The summed E-state index contributed by atoms with van der Waals surface area (Å²) in [5, 5.41) is 3.11. The molecule has 1 saturated heterocycles. The maximum Gasteiger partial charge on any atom is 0.253 e. The van der Waals surface area contributed by atoms with Crippen LogP contribution < -0.4 is 14.8 Å². The molecule has 0 spiro atoms. The largest absolute Gasteiger partial charge is 0.497 e. The molecule has 1 aliphatic rings. The summed E-state index contributed by atoms with van der Waals surface area (Å²) in [6.45, 7) is 5.87. The van der Waals surface area contributed by atoms with E-state index < -0.39 is 0 Å². The number of methoxy groups -OCH3 is 1. The van der Waals surface area contributed by atoms with E-state index in [1.807, 2.05) is 36.9 Å². The Labute approximate surface area is 184 Å². The number of hydrogen-bond acceptors (Lipinski definition) is 4. The van der Waals surface area contributed by atoms with Gasteiger partial charge >= 0.3 is 0 Å². The predicted octanol–water partition coefficient (Wildman–Crippen LogP) is 3.89. The van der Waals surface area contributed by atoms with Gasteiger partial charge in [-0.05, 0) is 68.5 Å². The molecule has 2 aromatic carbocycles. The van der Waals surface area contributed by atoms with Crippen molar-refractivity contribution in [2.45, 2.75) is 45.6 Å². The molecule has 166 valence electrons. The molecule has 0 aliphatic carbocycles. The summed E-state index contributed by atoms with van der Waals surface area (Å²) in [4.78, 5) is 26.8. The highest BCUT2D eigenvalue weighted by atomic mass is 16.5. The Morgan fingerprint density at radius 1 is 1.03 bits per heavy atom. The van der Waals surface area contributed by atoms with Crippen LogP contribution in [0.1, 0.15) is 47.2 Å². The number of carbonyl (C=O) groups is 2. The topological polar surface area (TPSA) is 67.9 Å². The first-order chi connectivity index (χ1) is 15.0. The lowest BCUT2D eigenvalue weighted by Crippen LogP contribution is -2.46. The Bertz CT molecular complexity index is 867. The van der Waals surface area contributed by atoms with E-state index in [9.17, 15) is 9.59 Å². The first-order valence-corrected chi connectivity index (χ1v) is 10.9. The average Bonchev–Trinajstić information content (AvgIpc) is 2.78. The van der Waals surface area contributed by atoms with Crippen LogP contribution in [0.2, 0.25) is 0 Å².